The summed E-state index contributed by atoms with van der Waals surface area (Å²) in [4.78, 5) is 39.8. The highest BCUT2D eigenvalue weighted by Gasteiger charge is 2.32. The second-order valence-corrected chi connectivity index (χ2v) is 7.07. The minimum Gasteiger partial charge on any atom is -0.339 e. The Morgan fingerprint density at radius 3 is 2.19 bits per heavy atom. The Morgan fingerprint density at radius 2 is 1.59 bits per heavy atom. The Morgan fingerprint density at radius 1 is 1.00 bits per heavy atom. The lowest BCUT2D eigenvalue weighted by atomic mass is 10.1. The first-order valence-corrected chi connectivity index (χ1v) is 9.10. The van der Waals surface area contributed by atoms with Crippen LogP contribution in [0.15, 0.2) is 23.1 Å². The van der Waals surface area contributed by atoms with Crippen LogP contribution in [0.25, 0.3) is 0 Å². The number of alkyl halides is 3. The topological polar surface area (TPSA) is 62.6 Å². The van der Waals surface area contributed by atoms with Crippen molar-refractivity contribution in [3.8, 4) is 0 Å². The third-order valence-electron chi connectivity index (χ3n) is 5.26. The van der Waals surface area contributed by atoms with Gasteiger partial charge in [-0.25, -0.2) is 0 Å². The first-order chi connectivity index (χ1) is 12.8. The van der Waals surface area contributed by atoms with E-state index in [1.807, 2.05) is 0 Å². The lowest BCUT2D eigenvalue weighted by Gasteiger charge is -2.36. The fourth-order valence-corrected chi connectivity index (χ4v) is 3.68. The Bertz CT molecular complexity index is 761. The van der Waals surface area contributed by atoms with Crippen LogP contribution in [0.2, 0.25) is 0 Å². The molecule has 2 aliphatic rings. The second kappa shape index (κ2) is 7.74. The van der Waals surface area contributed by atoms with E-state index in [0.717, 1.165) is 36.3 Å². The second-order valence-electron chi connectivity index (χ2n) is 7.07. The van der Waals surface area contributed by atoms with Gasteiger partial charge in [-0.2, -0.15) is 13.2 Å². The highest BCUT2D eigenvalue weighted by molar-refractivity contribution is 5.80. The molecule has 6 nitrogen and oxygen atoms in total. The summed E-state index contributed by atoms with van der Waals surface area (Å²) < 4.78 is 39.1. The van der Waals surface area contributed by atoms with Crippen molar-refractivity contribution in [1.82, 2.24) is 14.4 Å². The van der Waals surface area contributed by atoms with Crippen LogP contribution < -0.4 is 5.56 Å². The van der Waals surface area contributed by atoms with Gasteiger partial charge in [-0.15, -0.1) is 0 Å². The van der Waals surface area contributed by atoms with Crippen molar-refractivity contribution < 1.29 is 22.8 Å². The fraction of sp³-hybridized carbons (Fsp3) is 0.611. The molecule has 0 bridgehead atoms. The van der Waals surface area contributed by atoms with E-state index in [9.17, 15) is 27.6 Å². The lowest BCUT2D eigenvalue weighted by Crippen LogP contribution is -2.52. The minimum absolute atomic E-state index is 0.0796. The van der Waals surface area contributed by atoms with Crippen molar-refractivity contribution in [2.24, 2.45) is 5.92 Å². The summed E-state index contributed by atoms with van der Waals surface area (Å²) in [6.45, 7) is 1.03. The number of pyridine rings is 1. The summed E-state index contributed by atoms with van der Waals surface area (Å²) in [5.41, 5.74) is -1.63. The van der Waals surface area contributed by atoms with Crippen molar-refractivity contribution in [1.29, 1.82) is 0 Å². The molecule has 1 aromatic rings. The first kappa shape index (κ1) is 19.4. The molecule has 0 radical (unpaired) electrons. The van der Waals surface area contributed by atoms with Crippen LogP contribution in [0, 0.1) is 5.92 Å². The highest BCUT2D eigenvalue weighted by atomic mass is 19.4. The molecule has 1 aliphatic heterocycles. The van der Waals surface area contributed by atoms with Gasteiger partial charge in [0.15, 0.2) is 0 Å². The number of rotatable bonds is 3. The summed E-state index contributed by atoms with van der Waals surface area (Å²) in [7, 11) is 0. The number of piperazine rings is 1. The number of hydrogen-bond acceptors (Lipinski definition) is 3. The van der Waals surface area contributed by atoms with E-state index in [4.69, 9.17) is 0 Å². The number of carbonyl (C=O) groups excluding carboxylic acids is 2. The van der Waals surface area contributed by atoms with Crippen LogP contribution in [0.1, 0.15) is 31.2 Å². The van der Waals surface area contributed by atoms with E-state index < -0.39 is 29.8 Å². The maximum Gasteiger partial charge on any atom is 0.417 e. The van der Waals surface area contributed by atoms with Crippen molar-refractivity contribution >= 4 is 11.8 Å². The molecule has 1 saturated carbocycles. The third-order valence-corrected chi connectivity index (χ3v) is 5.26. The molecule has 0 N–H and O–H groups in total. The molecule has 2 fully saturated rings. The molecule has 2 amide bonds. The van der Waals surface area contributed by atoms with E-state index in [1.165, 1.54) is 4.90 Å². The number of nitrogens with zero attached hydrogens (tertiary/aromatic N) is 3. The Balaban J connectivity index is 1.58. The van der Waals surface area contributed by atoms with Gasteiger partial charge in [0, 0.05) is 44.4 Å². The smallest absolute Gasteiger partial charge is 0.339 e. The molecule has 0 unspecified atom stereocenters. The molecule has 1 aromatic heterocycles. The predicted octanol–water partition coefficient (Wildman–Crippen LogP) is 1.73. The molecule has 9 heteroatoms. The van der Waals surface area contributed by atoms with Gasteiger partial charge in [0.2, 0.25) is 11.8 Å². The monoisotopic (exact) mass is 385 g/mol. The van der Waals surface area contributed by atoms with Crippen LogP contribution in [-0.4, -0.2) is 52.4 Å². The molecule has 27 heavy (non-hydrogen) atoms. The molecule has 0 atom stereocenters. The molecule has 148 valence electrons. The average Bonchev–Trinajstić information content (AvgIpc) is 3.16. The molecule has 1 aliphatic carbocycles. The highest BCUT2D eigenvalue weighted by Crippen LogP contribution is 2.28. The van der Waals surface area contributed by atoms with Crippen molar-refractivity contribution in [2.75, 3.05) is 26.2 Å². The van der Waals surface area contributed by atoms with Crippen LogP contribution in [0.5, 0.6) is 0 Å². The quantitative estimate of drug-likeness (QED) is 0.796. The van der Waals surface area contributed by atoms with Gasteiger partial charge in [-0.3, -0.25) is 14.4 Å². The van der Waals surface area contributed by atoms with Gasteiger partial charge < -0.3 is 14.4 Å². The standard InChI is InChI=1S/C18H22F3N3O3/c19-18(20,21)14-5-6-15(25)24(11-14)12-16(26)22-7-9-23(10-8-22)17(27)13-3-1-2-4-13/h5-6,11,13H,1-4,7-10,12H2. The molecule has 2 heterocycles. The number of carbonyl (C=O) groups is 2. The number of hydrogen-bond donors (Lipinski definition) is 0. The summed E-state index contributed by atoms with van der Waals surface area (Å²) in [5, 5.41) is 0. The van der Waals surface area contributed by atoms with Gasteiger partial charge in [0.05, 0.1) is 5.56 Å². The number of halogens is 3. The van der Waals surface area contributed by atoms with Gasteiger partial charge in [-0.1, -0.05) is 12.8 Å². The largest absolute Gasteiger partial charge is 0.417 e. The number of amides is 2. The van der Waals surface area contributed by atoms with E-state index in [-0.39, 0.29) is 11.8 Å². The Kier molecular flexibility index (Phi) is 5.57. The zero-order valence-electron chi connectivity index (χ0n) is 14.9. The average molecular weight is 385 g/mol. The molecule has 3 rings (SSSR count). The van der Waals surface area contributed by atoms with Crippen LogP contribution >= 0.6 is 0 Å². The summed E-state index contributed by atoms with van der Waals surface area (Å²) in [5.74, 6) is -0.214. The summed E-state index contributed by atoms with van der Waals surface area (Å²) >= 11 is 0. The minimum atomic E-state index is -4.58. The van der Waals surface area contributed by atoms with Crippen molar-refractivity contribution in [3.63, 3.8) is 0 Å². The van der Waals surface area contributed by atoms with Crippen LogP contribution in [0.4, 0.5) is 13.2 Å². The first-order valence-electron chi connectivity index (χ1n) is 9.10. The van der Waals surface area contributed by atoms with Gasteiger partial charge in [0.1, 0.15) is 6.54 Å². The maximum absolute atomic E-state index is 12.8. The summed E-state index contributed by atoms with van der Waals surface area (Å²) in [6, 6.07) is 1.52. The molecular weight excluding hydrogens is 363 g/mol. The Labute approximate surface area is 154 Å². The fourth-order valence-electron chi connectivity index (χ4n) is 3.68. The molecule has 0 spiro atoms. The molecular formula is C18H22F3N3O3. The zero-order valence-corrected chi connectivity index (χ0v) is 14.9. The van der Waals surface area contributed by atoms with E-state index >= 15 is 0 Å². The van der Waals surface area contributed by atoms with E-state index in [1.54, 1.807) is 4.90 Å². The molecule has 1 saturated heterocycles. The lowest BCUT2D eigenvalue weighted by molar-refractivity contribution is -0.142. The van der Waals surface area contributed by atoms with Crippen molar-refractivity contribution in [3.05, 3.63) is 34.2 Å². The maximum atomic E-state index is 12.8. The normalized spacial score (nSPS) is 18.8. The van der Waals surface area contributed by atoms with Crippen molar-refractivity contribution in [2.45, 2.75) is 38.4 Å². The SMILES string of the molecule is O=C(Cn1cc(C(F)(F)F)ccc1=O)N1CCN(C(=O)C2CCCC2)CC1. The predicted molar refractivity (Wildman–Crippen MR) is 90.8 cm³/mol. The van der Waals surface area contributed by atoms with Crippen LogP contribution in [0.3, 0.4) is 0 Å². The Hall–Kier alpha value is -2.32. The van der Waals surface area contributed by atoms with Crippen LogP contribution in [-0.2, 0) is 22.3 Å². The summed E-state index contributed by atoms with van der Waals surface area (Å²) in [6.07, 6.45) is 0.0545. The van der Waals surface area contributed by atoms with Gasteiger partial charge in [-0.05, 0) is 18.9 Å². The van der Waals surface area contributed by atoms with Gasteiger partial charge in [0.25, 0.3) is 5.56 Å². The zero-order chi connectivity index (χ0) is 19.6. The number of aromatic nitrogens is 1. The van der Waals surface area contributed by atoms with E-state index in [2.05, 4.69) is 0 Å². The third kappa shape index (κ3) is 4.51. The molecule has 0 aromatic carbocycles. The van der Waals surface area contributed by atoms with Gasteiger partial charge >= 0.3 is 6.18 Å². The van der Waals surface area contributed by atoms with E-state index in [0.29, 0.717) is 38.4 Å².